The van der Waals surface area contributed by atoms with Crippen LogP contribution in [0.3, 0.4) is 0 Å². The van der Waals surface area contributed by atoms with Crippen LogP contribution >= 0.6 is 15.9 Å². The van der Waals surface area contributed by atoms with Crippen LogP contribution in [0.1, 0.15) is 28.5 Å². The van der Waals surface area contributed by atoms with Crippen molar-refractivity contribution in [2.45, 2.75) is 20.8 Å². The Hall–Kier alpha value is -0.700. The van der Waals surface area contributed by atoms with E-state index < -0.39 is 0 Å². The van der Waals surface area contributed by atoms with Gasteiger partial charge in [0.15, 0.2) is 5.78 Å². The van der Waals surface area contributed by atoms with E-state index in [1.165, 1.54) is 6.92 Å². The average Bonchev–Trinajstić information content (AvgIpc) is 1.96. The van der Waals surface area contributed by atoms with Crippen molar-refractivity contribution in [1.82, 2.24) is 4.98 Å². The summed E-state index contributed by atoms with van der Waals surface area (Å²) in [5, 5.41) is 0. The van der Waals surface area contributed by atoms with E-state index in [-0.39, 0.29) is 5.78 Å². The molecule has 0 atom stereocenters. The fourth-order valence-electron chi connectivity index (χ4n) is 1.08. The first-order chi connectivity index (χ1) is 5.52. The van der Waals surface area contributed by atoms with Crippen LogP contribution in [-0.2, 0) is 0 Å². The molecule has 1 heterocycles. The first-order valence-corrected chi connectivity index (χ1v) is 4.46. The quantitative estimate of drug-likeness (QED) is 0.546. The molecular formula is C9H10BrNO. The number of aryl methyl sites for hydroxylation is 2. The van der Waals surface area contributed by atoms with Gasteiger partial charge in [-0.05, 0) is 40.9 Å². The smallest absolute Gasteiger partial charge is 0.178 e. The Balaban J connectivity index is 3.33. The fraction of sp³-hybridized carbons (Fsp3) is 0.333. The number of rotatable bonds is 1. The van der Waals surface area contributed by atoms with Crippen LogP contribution in [0, 0.1) is 13.8 Å². The third-order valence-electron chi connectivity index (χ3n) is 1.68. The molecule has 0 saturated carbocycles. The number of Topliss-reactive ketones (excluding diaryl/α,β-unsaturated/α-hetero) is 1. The third-order valence-corrected chi connectivity index (χ3v) is 2.48. The summed E-state index contributed by atoms with van der Waals surface area (Å²) in [5.74, 6) is 0.00759. The first-order valence-electron chi connectivity index (χ1n) is 3.67. The molecule has 0 spiro atoms. The number of halogens is 1. The summed E-state index contributed by atoms with van der Waals surface area (Å²) in [6, 6.07) is 1.95. The number of pyridine rings is 1. The van der Waals surface area contributed by atoms with Gasteiger partial charge in [0, 0.05) is 6.92 Å². The van der Waals surface area contributed by atoms with Crippen LogP contribution in [0.5, 0.6) is 0 Å². The van der Waals surface area contributed by atoms with Crippen LogP contribution in [0.2, 0.25) is 0 Å². The molecule has 0 saturated heterocycles. The van der Waals surface area contributed by atoms with E-state index >= 15 is 0 Å². The van der Waals surface area contributed by atoms with E-state index in [2.05, 4.69) is 20.9 Å². The van der Waals surface area contributed by atoms with Crippen LogP contribution in [0.25, 0.3) is 0 Å². The maximum Gasteiger partial charge on any atom is 0.178 e. The maximum atomic E-state index is 11.0. The van der Waals surface area contributed by atoms with E-state index in [9.17, 15) is 4.79 Å². The molecule has 0 aliphatic heterocycles. The lowest BCUT2D eigenvalue weighted by Crippen LogP contribution is -2.01. The van der Waals surface area contributed by atoms with Gasteiger partial charge in [-0.3, -0.25) is 4.79 Å². The van der Waals surface area contributed by atoms with Crippen molar-refractivity contribution in [1.29, 1.82) is 0 Å². The highest BCUT2D eigenvalue weighted by atomic mass is 79.9. The lowest BCUT2D eigenvalue weighted by Gasteiger charge is -2.03. The van der Waals surface area contributed by atoms with Crippen molar-refractivity contribution >= 4 is 21.7 Å². The zero-order chi connectivity index (χ0) is 9.30. The first kappa shape index (κ1) is 9.39. The number of carbonyl (C=O) groups excluding carboxylic acids is 1. The van der Waals surface area contributed by atoms with Crippen LogP contribution < -0.4 is 0 Å². The topological polar surface area (TPSA) is 30.0 Å². The number of carbonyl (C=O) groups is 1. The molecule has 64 valence electrons. The molecule has 0 fully saturated rings. The Labute approximate surface area is 80.1 Å². The van der Waals surface area contributed by atoms with E-state index in [4.69, 9.17) is 0 Å². The van der Waals surface area contributed by atoms with E-state index in [1.54, 1.807) is 0 Å². The van der Waals surface area contributed by atoms with Gasteiger partial charge < -0.3 is 0 Å². The summed E-state index contributed by atoms with van der Waals surface area (Å²) < 4.78 is 0.748. The summed E-state index contributed by atoms with van der Waals surface area (Å²) in [6.45, 7) is 5.37. The molecule has 2 nitrogen and oxygen atoms in total. The van der Waals surface area contributed by atoms with Crippen molar-refractivity contribution in [3.63, 3.8) is 0 Å². The van der Waals surface area contributed by atoms with Crippen LogP contribution in [-0.4, -0.2) is 10.8 Å². The maximum absolute atomic E-state index is 11.0. The van der Waals surface area contributed by atoms with Gasteiger partial charge in [-0.1, -0.05) is 6.07 Å². The summed E-state index contributed by atoms with van der Waals surface area (Å²) in [5.41, 5.74) is 2.54. The molecule has 0 amide bonds. The number of aromatic nitrogens is 1. The van der Waals surface area contributed by atoms with Crippen molar-refractivity contribution in [2.75, 3.05) is 0 Å². The Morgan fingerprint density at radius 1 is 1.42 bits per heavy atom. The van der Waals surface area contributed by atoms with Gasteiger partial charge in [0.25, 0.3) is 0 Å². The lowest BCUT2D eigenvalue weighted by atomic mass is 10.1. The molecule has 3 heteroatoms. The summed E-state index contributed by atoms with van der Waals surface area (Å²) in [7, 11) is 0. The Bertz CT molecular complexity index is 334. The second kappa shape index (κ2) is 3.35. The van der Waals surface area contributed by atoms with E-state index in [0.717, 1.165) is 15.7 Å². The zero-order valence-electron chi connectivity index (χ0n) is 7.31. The number of ketones is 1. The van der Waals surface area contributed by atoms with Crippen LogP contribution in [0.15, 0.2) is 10.7 Å². The molecule has 12 heavy (non-hydrogen) atoms. The number of nitrogens with zero attached hydrogens (tertiary/aromatic N) is 1. The van der Waals surface area contributed by atoms with Gasteiger partial charge >= 0.3 is 0 Å². The van der Waals surface area contributed by atoms with E-state index in [0.29, 0.717) is 5.69 Å². The van der Waals surface area contributed by atoms with Gasteiger partial charge in [0.1, 0.15) is 10.3 Å². The highest BCUT2D eigenvalue weighted by Gasteiger charge is 2.07. The predicted octanol–water partition coefficient (Wildman–Crippen LogP) is 2.66. The highest BCUT2D eigenvalue weighted by molar-refractivity contribution is 9.10. The minimum Gasteiger partial charge on any atom is -0.293 e. The standard InChI is InChI=1S/C9H10BrNO/c1-5-4-6(2)9(10)11-8(5)7(3)12/h4H,1-3H3. The highest BCUT2D eigenvalue weighted by Crippen LogP contribution is 2.17. The van der Waals surface area contributed by atoms with Crippen molar-refractivity contribution in [3.8, 4) is 0 Å². The minimum absolute atomic E-state index is 0.00759. The summed E-state index contributed by atoms with van der Waals surface area (Å²) in [4.78, 5) is 15.2. The van der Waals surface area contributed by atoms with Gasteiger partial charge in [0.2, 0.25) is 0 Å². The number of hydrogen-bond acceptors (Lipinski definition) is 2. The average molecular weight is 228 g/mol. The molecule has 0 aliphatic carbocycles. The van der Waals surface area contributed by atoms with Gasteiger partial charge in [-0.15, -0.1) is 0 Å². The monoisotopic (exact) mass is 227 g/mol. The molecule has 1 aromatic heterocycles. The second-order valence-corrected chi connectivity index (χ2v) is 3.57. The second-order valence-electron chi connectivity index (χ2n) is 2.82. The van der Waals surface area contributed by atoms with Crippen molar-refractivity contribution < 1.29 is 4.79 Å². The molecule has 1 rings (SSSR count). The molecule has 0 bridgehead atoms. The van der Waals surface area contributed by atoms with Gasteiger partial charge in [-0.25, -0.2) is 4.98 Å². The fourth-order valence-corrected chi connectivity index (χ4v) is 1.38. The molecule has 1 aromatic rings. The van der Waals surface area contributed by atoms with Crippen molar-refractivity contribution in [2.24, 2.45) is 0 Å². The molecule has 0 unspecified atom stereocenters. The Morgan fingerprint density at radius 3 is 2.50 bits per heavy atom. The molecule has 0 aliphatic rings. The molecule has 0 aromatic carbocycles. The number of hydrogen-bond donors (Lipinski definition) is 0. The van der Waals surface area contributed by atoms with Gasteiger partial charge in [-0.2, -0.15) is 0 Å². The zero-order valence-corrected chi connectivity index (χ0v) is 8.90. The SMILES string of the molecule is CC(=O)c1nc(Br)c(C)cc1C. The largest absolute Gasteiger partial charge is 0.293 e. The summed E-state index contributed by atoms with van der Waals surface area (Å²) in [6.07, 6.45) is 0. The predicted molar refractivity (Wildman–Crippen MR) is 51.4 cm³/mol. The lowest BCUT2D eigenvalue weighted by molar-refractivity contribution is 0.101. The van der Waals surface area contributed by atoms with Crippen molar-refractivity contribution in [3.05, 3.63) is 27.5 Å². The van der Waals surface area contributed by atoms with E-state index in [1.807, 2.05) is 19.9 Å². The normalized spacial score (nSPS) is 10.0. The molecule has 0 radical (unpaired) electrons. The molecular weight excluding hydrogens is 218 g/mol. The minimum atomic E-state index is 0.00759. The third kappa shape index (κ3) is 1.72. The molecule has 0 N–H and O–H groups in total. The Morgan fingerprint density at radius 2 is 2.00 bits per heavy atom. The van der Waals surface area contributed by atoms with Crippen LogP contribution in [0.4, 0.5) is 0 Å². The summed E-state index contributed by atoms with van der Waals surface area (Å²) >= 11 is 3.29. The van der Waals surface area contributed by atoms with Gasteiger partial charge in [0.05, 0.1) is 0 Å². The Kier molecular flexibility index (Phi) is 2.62.